The quantitative estimate of drug-likeness (QED) is 0.466. The summed E-state index contributed by atoms with van der Waals surface area (Å²) in [6.45, 7) is 1.28. The van der Waals surface area contributed by atoms with E-state index in [1.165, 1.54) is 6.92 Å². The van der Waals surface area contributed by atoms with Gasteiger partial charge in [-0.3, -0.25) is 4.79 Å². The number of carbonyl (C=O) groups excluding carboxylic acids is 1. The average Bonchev–Trinajstić information content (AvgIpc) is 1.35. The van der Waals surface area contributed by atoms with E-state index in [1.807, 2.05) is 0 Å². The van der Waals surface area contributed by atoms with E-state index in [0.717, 1.165) is 6.07 Å². The molecule has 0 aromatic rings. The number of rotatable bonds is 1. The van der Waals surface area contributed by atoms with Gasteiger partial charge in [0.15, 0.2) is 0 Å². The third-order valence-electron chi connectivity index (χ3n) is 0.211. The molecule has 0 amide bonds. The molecule has 0 unspecified atom stereocenters. The van der Waals surface area contributed by atoms with Gasteiger partial charge in [-0.25, -0.2) is 0 Å². The molecule has 0 aliphatic heterocycles. The maximum absolute atomic E-state index is 9.71. The van der Waals surface area contributed by atoms with Crippen molar-refractivity contribution in [1.29, 1.82) is 0 Å². The van der Waals surface area contributed by atoms with Crippen LogP contribution in [0.25, 0.3) is 0 Å². The van der Waals surface area contributed by atoms with E-state index in [9.17, 15) is 4.79 Å². The Balaban J connectivity index is 2.83. The van der Waals surface area contributed by atoms with Gasteiger partial charge in [-0.2, -0.15) is 0 Å². The second-order valence-corrected chi connectivity index (χ2v) is 0.877. The first-order chi connectivity index (χ1) is 2.77. The van der Waals surface area contributed by atoms with Crippen molar-refractivity contribution in [2.24, 2.45) is 0 Å². The van der Waals surface area contributed by atoms with Gasteiger partial charge >= 0.3 is 5.97 Å². The first-order valence-electron chi connectivity index (χ1n) is 1.36. The van der Waals surface area contributed by atoms with Crippen LogP contribution < -0.4 is 0 Å². The van der Waals surface area contributed by atoms with E-state index in [1.54, 1.807) is 0 Å². The number of esters is 1. The van der Waals surface area contributed by atoms with Gasteiger partial charge in [-0.1, -0.05) is 11.6 Å². The standard InChI is InChI=1S/C3H4ClO2/c1-3(5)6-2-4/h2H,1H3. The van der Waals surface area contributed by atoms with Crippen molar-refractivity contribution in [2.45, 2.75) is 6.92 Å². The SMILES string of the molecule is CC(=O)O[CH]Cl. The van der Waals surface area contributed by atoms with Crippen LogP contribution in [0.15, 0.2) is 0 Å². The van der Waals surface area contributed by atoms with Gasteiger partial charge in [0, 0.05) is 6.92 Å². The molecule has 0 fully saturated rings. The first-order valence-corrected chi connectivity index (χ1v) is 1.80. The minimum atomic E-state index is -0.398. The molecule has 0 atom stereocenters. The van der Waals surface area contributed by atoms with Crippen LogP contribution in [0.2, 0.25) is 0 Å². The van der Waals surface area contributed by atoms with Gasteiger partial charge in [0.25, 0.3) is 0 Å². The van der Waals surface area contributed by atoms with Gasteiger partial charge < -0.3 is 4.74 Å². The van der Waals surface area contributed by atoms with Crippen LogP contribution >= 0.6 is 11.6 Å². The Morgan fingerprint density at radius 2 is 2.50 bits per heavy atom. The monoisotopic (exact) mass is 107 g/mol. The summed E-state index contributed by atoms with van der Waals surface area (Å²) in [6, 6.07) is 0.822. The summed E-state index contributed by atoms with van der Waals surface area (Å²) in [7, 11) is 0. The lowest BCUT2D eigenvalue weighted by Crippen LogP contribution is -1.89. The zero-order valence-electron chi connectivity index (χ0n) is 3.27. The predicted molar refractivity (Wildman–Crippen MR) is 21.9 cm³/mol. The molecular formula is C3H4ClO2. The number of hydrogen-bond acceptors (Lipinski definition) is 2. The van der Waals surface area contributed by atoms with Crippen molar-refractivity contribution in [3.8, 4) is 0 Å². The largest absolute Gasteiger partial charge is 0.441 e. The highest BCUT2D eigenvalue weighted by atomic mass is 35.5. The van der Waals surface area contributed by atoms with Crippen LogP contribution in [-0.4, -0.2) is 5.97 Å². The van der Waals surface area contributed by atoms with Crippen molar-refractivity contribution in [2.75, 3.05) is 0 Å². The zero-order chi connectivity index (χ0) is 4.99. The molecule has 35 valence electrons. The van der Waals surface area contributed by atoms with E-state index in [0.29, 0.717) is 0 Å². The second-order valence-electron chi connectivity index (χ2n) is 0.699. The van der Waals surface area contributed by atoms with Crippen molar-refractivity contribution >= 4 is 17.6 Å². The molecule has 3 heteroatoms. The summed E-state index contributed by atoms with van der Waals surface area (Å²) in [5.74, 6) is -0.398. The molecule has 0 N–H and O–H groups in total. The van der Waals surface area contributed by atoms with Crippen molar-refractivity contribution < 1.29 is 9.53 Å². The lowest BCUT2D eigenvalue weighted by molar-refractivity contribution is -0.136. The summed E-state index contributed by atoms with van der Waals surface area (Å²) in [5.41, 5.74) is 0. The third kappa shape index (κ3) is 3.76. The Bertz CT molecular complexity index is 52.8. The molecule has 0 aromatic heterocycles. The minimum absolute atomic E-state index is 0.398. The topological polar surface area (TPSA) is 26.3 Å². The maximum Gasteiger partial charge on any atom is 0.304 e. The molecule has 0 saturated heterocycles. The highest BCUT2D eigenvalue weighted by molar-refractivity contribution is 6.22. The van der Waals surface area contributed by atoms with Crippen LogP contribution in [-0.2, 0) is 9.53 Å². The van der Waals surface area contributed by atoms with Crippen LogP contribution in [0, 0.1) is 6.07 Å². The third-order valence-corrected chi connectivity index (χ3v) is 0.300. The molecule has 1 radical (unpaired) electrons. The predicted octanol–water partition coefficient (Wildman–Crippen LogP) is 0.908. The fourth-order valence-corrected chi connectivity index (χ4v) is 0.188. The van der Waals surface area contributed by atoms with Crippen LogP contribution in [0.1, 0.15) is 6.92 Å². The number of hydrogen-bond donors (Lipinski definition) is 0. The lowest BCUT2D eigenvalue weighted by Gasteiger charge is -1.86. The van der Waals surface area contributed by atoms with Crippen LogP contribution in [0.4, 0.5) is 0 Å². The van der Waals surface area contributed by atoms with E-state index < -0.39 is 5.97 Å². The average molecular weight is 108 g/mol. The van der Waals surface area contributed by atoms with E-state index in [-0.39, 0.29) is 0 Å². The Kier molecular flexibility index (Phi) is 2.85. The van der Waals surface area contributed by atoms with Crippen LogP contribution in [0.3, 0.4) is 0 Å². The summed E-state index contributed by atoms with van der Waals surface area (Å²) in [5, 5.41) is 0. The van der Waals surface area contributed by atoms with E-state index in [2.05, 4.69) is 4.74 Å². The van der Waals surface area contributed by atoms with Crippen molar-refractivity contribution in [3.05, 3.63) is 6.07 Å². The molecule has 0 rings (SSSR count). The van der Waals surface area contributed by atoms with Crippen molar-refractivity contribution in [3.63, 3.8) is 0 Å². The van der Waals surface area contributed by atoms with Gasteiger partial charge in [0.2, 0.25) is 6.07 Å². The fraction of sp³-hybridized carbons (Fsp3) is 0.333. The van der Waals surface area contributed by atoms with Gasteiger partial charge in [0.05, 0.1) is 0 Å². The minimum Gasteiger partial charge on any atom is -0.441 e. The first kappa shape index (κ1) is 5.76. The van der Waals surface area contributed by atoms with Crippen molar-refractivity contribution in [1.82, 2.24) is 0 Å². The number of halogens is 1. The molecule has 0 saturated carbocycles. The zero-order valence-corrected chi connectivity index (χ0v) is 4.03. The van der Waals surface area contributed by atoms with Crippen LogP contribution in [0.5, 0.6) is 0 Å². The van der Waals surface area contributed by atoms with E-state index >= 15 is 0 Å². The molecule has 6 heavy (non-hydrogen) atoms. The molecular weight excluding hydrogens is 103 g/mol. The smallest absolute Gasteiger partial charge is 0.304 e. The summed E-state index contributed by atoms with van der Waals surface area (Å²) < 4.78 is 4.04. The van der Waals surface area contributed by atoms with Gasteiger partial charge in [-0.15, -0.1) is 0 Å². The Labute approximate surface area is 41.0 Å². The summed E-state index contributed by atoms with van der Waals surface area (Å²) in [6.07, 6.45) is 0. The number of carbonyl (C=O) groups is 1. The molecule has 0 aliphatic carbocycles. The fourth-order valence-electron chi connectivity index (χ4n) is 0.0627. The Morgan fingerprint density at radius 3 is 2.50 bits per heavy atom. The van der Waals surface area contributed by atoms with Gasteiger partial charge in [0.1, 0.15) is 0 Å². The van der Waals surface area contributed by atoms with Gasteiger partial charge in [-0.05, 0) is 0 Å². The number of ether oxygens (including phenoxy) is 1. The lowest BCUT2D eigenvalue weighted by atomic mass is 10.8. The molecule has 0 aliphatic rings. The molecule has 0 aromatic carbocycles. The molecule has 0 heterocycles. The highest BCUT2D eigenvalue weighted by Crippen LogP contribution is 1.84. The van der Waals surface area contributed by atoms with E-state index in [4.69, 9.17) is 11.6 Å². The Hall–Kier alpha value is -0.240. The molecule has 2 nitrogen and oxygen atoms in total. The highest BCUT2D eigenvalue weighted by Gasteiger charge is 1.84. The maximum atomic E-state index is 9.71. The molecule has 0 bridgehead atoms. The summed E-state index contributed by atoms with van der Waals surface area (Å²) in [4.78, 5) is 9.71. The second kappa shape index (κ2) is 2.97. The molecule has 0 spiro atoms. The summed E-state index contributed by atoms with van der Waals surface area (Å²) >= 11 is 4.83. The Morgan fingerprint density at radius 1 is 2.00 bits per heavy atom. The normalized spacial score (nSPS) is 7.67.